The quantitative estimate of drug-likeness (QED) is 0.765. The SMILES string of the molecule is CCC(CC)(CN)C(=O)Nc1cnn(CCOC)c1.Cl. The van der Waals surface area contributed by atoms with Crippen LogP contribution in [0.1, 0.15) is 26.7 Å². The van der Waals surface area contributed by atoms with Crippen LogP contribution in [-0.2, 0) is 16.1 Å². The second kappa shape index (κ2) is 8.94. The van der Waals surface area contributed by atoms with Gasteiger partial charge < -0.3 is 15.8 Å². The average molecular weight is 305 g/mol. The number of carbonyl (C=O) groups is 1. The first-order chi connectivity index (χ1) is 9.11. The summed E-state index contributed by atoms with van der Waals surface area (Å²) in [6, 6.07) is 0. The molecular formula is C13H25ClN4O2. The molecule has 0 saturated heterocycles. The molecular weight excluding hydrogens is 280 g/mol. The Morgan fingerprint density at radius 2 is 2.15 bits per heavy atom. The summed E-state index contributed by atoms with van der Waals surface area (Å²) >= 11 is 0. The molecule has 1 aromatic heterocycles. The van der Waals surface area contributed by atoms with Crippen molar-refractivity contribution in [2.45, 2.75) is 33.2 Å². The van der Waals surface area contributed by atoms with Crippen molar-refractivity contribution in [2.24, 2.45) is 11.1 Å². The zero-order chi connectivity index (χ0) is 14.3. The first-order valence-corrected chi connectivity index (χ1v) is 6.64. The average Bonchev–Trinajstić information content (AvgIpc) is 2.86. The van der Waals surface area contributed by atoms with E-state index in [9.17, 15) is 4.79 Å². The number of rotatable bonds is 8. The summed E-state index contributed by atoms with van der Waals surface area (Å²) in [5.74, 6) is -0.0358. The number of halogens is 1. The number of carbonyl (C=O) groups excluding carboxylic acids is 1. The second-order valence-electron chi connectivity index (χ2n) is 4.63. The first kappa shape index (κ1) is 18.9. The maximum atomic E-state index is 12.3. The Hall–Kier alpha value is -1.11. The molecule has 0 aromatic carbocycles. The summed E-state index contributed by atoms with van der Waals surface area (Å²) in [6.07, 6.45) is 4.89. The fraction of sp³-hybridized carbons (Fsp3) is 0.692. The number of ether oxygens (including phenoxy) is 1. The van der Waals surface area contributed by atoms with Gasteiger partial charge in [-0.2, -0.15) is 5.10 Å². The third-order valence-electron chi connectivity index (χ3n) is 3.64. The number of nitrogens with zero attached hydrogens (tertiary/aromatic N) is 2. The molecule has 6 nitrogen and oxygen atoms in total. The van der Waals surface area contributed by atoms with Crippen molar-refractivity contribution >= 4 is 24.0 Å². The lowest BCUT2D eigenvalue weighted by Crippen LogP contribution is -2.41. The lowest BCUT2D eigenvalue weighted by Gasteiger charge is -2.28. The van der Waals surface area contributed by atoms with E-state index >= 15 is 0 Å². The molecule has 3 N–H and O–H groups in total. The molecule has 0 aliphatic rings. The van der Waals surface area contributed by atoms with Crippen molar-refractivity contribution in [3.8, 4) is 0 Å². The number of hydrogen-bond acceptors (Lipinski definition) is 4. The Morgan fingerprint density at radius 1 is 1.50 bits per heavy atom. The molecule has 0 spiro atoms. The highest BCUT2D eigenvalue weighted by molar-refractivity contribution is 5.95. The Labute approximate surface area is 126 Å². The van der Waals surface area contributed by atoms with Gasteiger partial charge in [-0.15, -0.1) is 12.4 Å². The van der Waals surface area contributed by atoms with Crippen molar-refractivity contribution in [2.75, 3.05) is 25.6 Å². The molecule has 1 aromatic rings. The number of nitrogens with one attached hydrogen (secondary N) is 1. The van der Waals surface area contributed by atoms with E-state index in [1.165, 1.54) is 0 Å². The van der Waals surface area contributed by atoms with E-state index in [0.717, 1.165) is 12.8 Å². The zero-order valence-corrected chi connectivity index (χ0v) is 13.2. The number of amides is 1. The van der Waals surface area contributed by atoms with Gasteiger partial charge >= 0.3 is 0 Å². The largest absolute Gasteiger partial charge is 0.383 e. The van der Waals surface area contributed by atoms with Crippen LogP contribution in [0.5, 0.6) is 0 Å². The maximum Gasteiger partial charge on any atom is 0.231 e. The molecule has 1 heterocycles. The summed E-state index contributed by atoms with van der Waals surface area (Å²) in [5, 5.41) is 7.05. The van der Waals surface area contributed by atoms with Crippen LogP contribution in [0.15, 0.2) is 12.4 Å². The van der Waals surface area contributed by atoms with Gasteiger partial charge in [-0.3, -0.25) is 9.48 Å². The van der Waals surface area contributed by atoms with Gasteiger partial charge in [0, 0.05) is 19.9 Å². The number of methoxy groups -OCH3 is 1. The first-order valence-electron chi connectivity index (χ1n) is 6.64. The summed E-state index contributed by atoms with van der Waals surface area (Å²) in [4.78, 5) is 12.3. The molecule has 0 aliphatic heterocycles. The van der Waals surface area contributed by atoms with Gasteiger partial charge in [-0.25, -0.2) is 0 Å². The molecule has 0 radical (unpaired) electrons. The Balaban J connectivity index is 0.00000361. The van der Waals surface area contributed by atoms with Gasteiger partial charge in [0.2, 0.25) is 5.91 Å². The molecule has 0 bridgehead atoms. The van der Waals surface area contributed by atoms with E-state index < -0.39 is 5.41 Å². The number of nitrogens with two attached hydrogens (primary N) is 1. The molecule has 0 fully saturated rings. The van der Waals surface area contributed by atoms with E-state index in [1.807, 2.05) is 13.8 Å². The van der Waals surface area contributed by atoms with Crippen molar-refractivity contribution in [3.05, 3.63) is 12.4 Å². The summed E-state index contributed by atoms with van der Waals surface area (Å²) in [6.45, 7) is 5.57. The molecule has 0 saturated carbocycles. The third kappa shape index (κ3) is 4.47. The van der Waals surface area contributed by atoms with Gasteiger partial charge in [0.05, 0.1) is 30.5 Å². The smallest absolute Gasteiger partial charge is 0.231 e. The van der Waals surface area contributed by atoms with Crippen LogP contribution in [-0.4, -0.2) is 35.9 Å². The number of anilines is 1. The highest BCUT2D eigenvalue weighted by Crippen LogP contribution is 2.26. The summed E-state index contributed by atoms with van der Waals surface area (Å²) in [5.41, 5.74) is 5.96. The van der Waals surface area contributed by atoms with E-state index in [4.69, 9.17) is 10.5 Å². The monoisotopic (exact) mass is 304 g/mol. The van der Waals surface area contributed by atoms with Crippen molar-refractivity contribution in [1.29, 1.82) is 0 Å². The van der Waals surface area contributed by atoms with Crippen LogP contribution in [0.25, 0.3) is 0 Å². The normalized spacial score (nSPS) is 11.0. The van der Waals surface area contributed by atoms with Crippen LogP contribution in [0.4, 0.5) is 5.69 Å². The number of aromatic nitrogens is 2. The predicted molar refractivity (Wildman–Crippen MR) is 82.1 cm³/mol. The Morgan fingerprint density at radius 3 is 2.65 bits per heavy atom. The Kier molecular flexibility index (Phi) is 8.45. The van der Waals surface area contributed by atoms with Gasteiger partial charge in [-0.1, -0.05) is 13.8 Å². The lowest BCUT2D eigenvalue weighted by molar-refractivity contribution is -0.125. The predicted octanol–water partition coefficient (Wildman–Crippen LogP) is 1.65. The van der Waals surface area contributed by atoms with Crippen molar-refractivity contribution in [1.82, 2.24) is 9.78 Å². The molecule has 116 valence electrons. The lowest BCUT2D eigenvalue weighted by atomic mass is 9.81. The van der Waals surface area contributed by atoms with E-state index in [-0.39, 0.29) is 18.3 Å². The Bertz CT molecular complexity index is 397. The summed E-state index contributed by atoms with van der Waals surface area (Å²) < 4.78 is 6.72. The van der Waals surface area contributed by atoms with Crippen molar-refractivity contribution < 1.29 is 9.53 Å². The molecule has 0 atom stereocenters. The number of hydrogen-bond donors (Lipinski definition) is 2. The van der Waals surface area contributed by atoms with Crippen LogP contribution in [0, 0.1) is 5.41 Å². The van der Waals surface area contributed by atoms with Gasteiger partial charge in [0.1, 0.15) is 0 Å². The van der Waals surface area contributed by atoms with Crippen LogP contribution in [0.3, 0.4) is 0 Å². The standard InChI is InChI=1S/C13H24N4O2.ClH/c1-4-13(5-2,10-14)12(18)16-11-8-15-17(9-11)6-7-19-3;/h8-9H,4-7,10,14H2,1-3H3,(H,16,18);1H. The van der Waals surface area contributed by atoms with E-state index in [1.54, 1.807) is 24.2 Å². The molecule has 7 heteroatoms. The van der Waals surface area contributed by atoms with Crippen LogP contribution >= 0.6 is 12.4 Å². The minimum Gasteiger partial charge on any atom is -0.383 e. The van der Waals surface area contributed by atoms with Gasteiger partial charge in [-0.05, 0) is 12.8 Å². The zero-order valence-electron chi connectivity index (χ0n) is 12.4. The van der Waals surface area contributed by atoms with Gasteiger partial charge in [0.15, 0.2) is 0 Å². The molecule has 0 aliphatic carbocycles. The topological polar surface area (TPSA) is 82.2 Å². The minimum absolute atomic E-state index is 0. The van der Waals surface area contributed by atoms with Gasteiger partial charge in [0.25, 0.3) is 0 Å². The molecule has 0 unspecified atom stereocenters. The highest BCUT2D eigenvalue weighted by atomic mass is 35.5. The second-order valence-corrected chi connectivity index (χ2v) is 4.63. The molecule has 1 amide bonds. The van der Waals surface area contributed by atoms with E-state index in [2.05, 4.69) is 10.4 Å². The highest BCUT2D eigenvalue weighted by Gasteiger charge is 2.33. The third-order valence-corrected chi connectivity index (χ3v) is 3.64. The fourth-order valence-electron chi connectivity index (χ4n) is 1.95. The van der Waals surface area contributed by atoms with Crippen molar-refractivity contribution in [3.63, 3.8) is 0 Å². The van der Waals surface area contributed by atoms with Crippen LogP contribution < -0.4 is 11.1 Å². The fourth-order valence-corrected chi connectivity index (χ4v) is 1.95. The minimum atomic E-state index is -0.491. The summed E-state index contributed by atoms with van der Waals surface area (Å²) in [7, 11) is 1.64. The maximum absolute atomic E-state index is 12.3. The van der Waals surface area contributed by atoms with E-state index in [0.29, 0.717) is 25.4 Å². The molecule has 20 heavy (non-hydrogen) atoms. The van der Waals surface area contributed by atoms with Crippen LogP contribution in [0.2, 0.25) is 0 Å². The molecule has 1 rings (SSSR count).